The van der Waals surface area contributed by atoms with Crippen LogP contribution in [0.4, 0.5) is 5.69 Å². The van der Waals surface area contributed by atoms with E-state index in [9.17, 15) is 14.9 Å². The molecule has 0 fully saturated rings. The Bertz CT molecular complexity index is 441. The molecule has 1 aromatic carbocycles. The Balaban J connectivity index is 3.08. The van der Waals surface area contributed by atoms with Crippen LogP contribution in [0, 0.1) is 10.1 Å². The average Bonchev–Trinajstić information content (AvgIpc) is 2.27. The molecule has 1 aromatic rings. The third-order valence-electron chi connectivity index (χ3n) is 1.96. The lowest BCUT2D eigenvalue weighted by Gasteiger charge is -2.10. The number of benzene rings is 1. The molecular weight excluding hydrogens is 226 g/mol. The van der Waals surface area contributed by atoms with Crippen molar-refractivity contribution < 1.29 is 19.2 Å². The van der Waals surface area contributed by atoms with Crippen LogP contribution in [-0.2, 0) is 4.74 Å². The molecular formula is C11H13NO5. The second kappa shape index (κ2) is 5.29. The van der Waals surface area contributed by atoms with Crippen LogP contribution >= 0.6 is 0 Å². The predicted octanol–water partition coefficient (Wildman–Crippen LogP) is 2.17. The number of non-ortho nitro benzene ring substituents is 1. The molecule has 0 N–H and O–H groups in total. The van der Waals surface area contributed by atoms with Gasteiger partial charge in [-0.05, 0) is 19.9 Å². The van der Waals surface area contributed by atoms with Gasteiger partial charge in [-0.2, -0.15) is 0 Å². The van der Waals surface area contributed by atoms with E-state index in [-0.39, 0.29) is 23.1 Å². The lowest BCUT2D eigenvalue weighted by molar-refractivity contribution is -0.384. The molecule has 0 radical (unpaired) electrons. The summed E-state index contributed by atoms with van der Waals surface area (Å²) in [5.41, 5.74) is 0.0368. The van der Waals surface area contributed by atoms with E-state index in [1.807, 2.05) is 0 Å². The van der Waals surface area contributed by atoms with Gasteiger partial charge in [-0.3, -0.25) is 10.1 Å². The molecule has 6 heteroatoms. The molecule has 1 rings (SSSR count). The normalized spacial score (nSPS) is 10.1. The molecule has 0 unspecified atom stereocenters. The highest BCUT2D eigenvalue weighted by Crippen LogP contribution is 2.25. The molecule has 0 atom stereocenters. The zero-order chi connectivity index (χ0) is 13.0. The Morgan fingerprint density at radius 3 is 2.53 bits per heavy atom. The van der Waals surface area contributed by atoms with Gasteiger partial charge in [-0.1, -0.05) is 0 Å². The molecule has 0 heterocycles. The van der Waals surface area contributed by atoms with Crippen LogP contribution < -0.4 is 4.74 Å². The summed E-state index contributed by atoms with van der Waals surface area (Å²) in [6.07, 6.45) is -0.262. The molecule has 0 amide bonds. The van der Waals surface area contributed by atoms with E-state index in [2.05, 4.69) is 0 Å². The molecule has 0 saturated heterocycles. The van der Waals surface area contributed by atoms with E-state index in [1.165, 1.54) is 25.3 Å². The standard InChI is InChI=1S/C11H13NO5/c1-7(2)17-11(13)9-5-4-8(12(14)15)6-10(9)16-3/h4-7H,1-3H3. The molecule has 6 nitrogen and oxygen atoms in total. The van der Waals surface area contributed by atoms with Crippen molar-refractivity contribution in [2.24, 2.45) is 0 Å². The maximum Gasteiger partial charge on any atom is 0.342 e. The number of methoxy groups -OCH3 is 1. The van der Waals surface area contributed by atoms with E-state index in [0.717, 1.165) is 0 Å². The zero-order valence-electron chi connectivity index (χ0n) is 9.80. The fourth-order valence-electron chi connectivity index (χ4n) is 1.24. The first-order valence-electron chi connectivity index (χ1n) is 4.99. The van der Waals surface area contributed by atoms with Gasteiger partial charge in [0.15, 0.2) is 0 Å². The number of hydrogen-bond donors (Lipinski definition) is 0. The fourth-order valence-corrected chi connectivity index (χ4v) is 1.24. The van der Waals surface area contributed by atoms with Crippen LogP contribution in [0.3, 0.4) is 0 Å². The van der Waals surface area contributed by atoms with Crippen LogP contribution in [0.2, 0.25) is 0 Å². The van der Waals surface area contributed by atoms with E-state index < -0.39 is 10.9 Å². The largest absolute Gasteiger partial charge is 0.496 e. The lowest BCUT2D eigenvalue weighted by Crippen LogP contribution is -2.12. The highest BCUT2D eigenvalue weighted by Gasteiger charge is 2.18. The number of nitro benzene ring substituents is 1. The molecule has 17 heavy (non-hydrogen) atoms. The maximum absolute atomic E-state index is 11.6. The van der Waals surface area contributed by atoms with Gasteiger partial charge < -0.3 is 9.47 Å². The number of carbonyl (C=O) groups is 1. The summed E-state index contributed by atoms with van der Waals surface area (Å²) in [6.45, 7) is 3.44. The van der Waals surface area contributed by atoms with Crippen molar-refractivity contribution >= 4 is 11.7 Å². The van der Waals surface area contributed by atoms with Crippen molar-refractivity contribution in [2.45, 2.75) is 20.0 Å². The highest BCUT2D eigenvalue weighted by molar-refractivity contribution is 5.93. The third kappa shape index (κ3) is 3.17. The quantitative estimate of drug-likeness (QED) is 0.457. The molecule has 0 aromatic heterocycles. The smallest absolute Gasteiger partial charge is 0.342 e. The Morgan fingerprint density at radius 1 is 1.41 bits per heavy atom. The van der Waals surface area contributed by atoms with Crippen LogP contribution in [0.15, 0.2) is 18.2 Å². The SMILES string of the molecule is COc1cc([N+](=O)[O-])ccc1C(=O)OC(C)C. The van der Waals surface area contributed by atoms with E-state index >= 15 is 0 Å². The van der Waals surface area contributed by atoms with Crippen LogP contribution in [0.1, 0.15) is 24.2 Å². The van der Waals surface area contributed by atoms with E-state index in [0.29, 0.717) is 0 Å². The van der Waals surface area contributed by atoms with Crippen LogP contribution in [0.5, 0.6) is 5.75 Å². The van der Waals surface area contributed by atoms with E-state index in [1.54, 1.807) is 13.8 Å². The third-order valence-corrected chi connectivity index (χ3v) is 1.96. The summed E-state index contributed by atoms with van der Waals surface area (Å²) in [6, 6.07) is 3.75. The van der Waals surface area contributed by atoms with Gasteiger partial charge in [0, 0.05) is 6.07 Å². The van der Waals surface area contributed by atoms with Crippen LogP contribution in [-0.4, -0.2) is 24.1 Å². The summed E-state index contributed by atoms with van der Waals surface area (Å²) in [5.74, 6) is -0.434. The van der Waals surface area contributed by atoms with Gasteiger partial charge in [-0.25, -0.2) is 4.79 Å². The fraction of sp³-hybridized carbons (Fsp3) is 0.364. The molecule has 0 bridgehead atoms. The van der Waals surface area contributed by atoms with Gasteiger partial charge in [0.1, 0.15) is 11.3 Å². The summed E-state index contributed by atoms with van der Waals surface area (Å²) < 4.78 is 9.92. The average molecular weight is 239 g/mol. The number of nitrogens with zero attached hydrogens (tertiary/aromatic N) is 1. The van der Waals surface area contributed by atoms with Gasteiger partial charge in [0.2, 0.25) is 0 Å². The van der Waals surface area contributed by atoms with Gasteiger partial charge >= 0.3 is 5.97 Å². The number of rotatable bonds is 4. The molecule has 92 valence electrons. The Morgan fingerprint density at radius 2 is 2.06 bits per heavy atom. The molecule has 0 aliphatic heterocycles. The van der Waals surface area contributed by atoms with Gasteiger partial charge in [0.25, 0.3) is 5.69 Å². The number of esters is 1. The molecule has 0 spiro atoms. The van der Waals surface area contributed by atoms with Crippen LogP contribution in [0.25, 0.3) is 0 Å². The van der Waals surface area contributed by atoms with Crippen molar-refractivity contribution in [1.29, 1.82) is 0 Å². The summed E-state index contributed by atoms with van der Waals surface area (Å²) in [4.78, 5) is 21.7. The minimum atomic E-state index is -0.563. The van der Waals surface area contributed by atoms with Gasteiger partial charge in [-0.15, -0.1) is 0 Å². The number of hydrogen-bond acceptors (Lipinski definition) is 5. The Kier molecular flexibility index (Phi) is 4.03. The van der Waals surface area contributed by atoms with Gasteiger partial charge in [0.05, 0.1) is 24.2 Å². The minimum Gasteiger partial charge on any atom is -0.496 e. The summed E-state index contributed by atoms with van der Waals surface area (Å²) in [5, 5.41) is 10.6. The second-order valence-corrected chi connectivity index (χ2v) is 3.60. The van der Waals surface area contributed by atoms with Crippen molar-refractivity contribution in [3.05, 3.63) is 33.9 Å². The number of carbonyl (C=O) groups excluding carboxylic acids is 1. The first kappa shape index (κ1) is 13.0. The Hall–Kier alpha value is -2.11. The number of ether oxygens (including phenoxy) is 2. The van der Waals surface area contributed by atoms with Crippen molar-refractivity contribution in [3.63, 3.8) is 0 Å². The first-order valence-corrected chi connectivity index (χ1v) is 4.99. The summed E-state index contributed by atoms with van der Waals surface area (Å²) >= 11 is 0. The number of nitro groups is 1. The molecule has 0 aliphatic carbocycles. The monoisotopic (exact) mass is 239 g/mol. The van der Waals surface area contributed by atoms with Crippen molar-refractivity contribution in [2.75, 3.05) is 7.11 Å². The van der Waals surface area contributed by atoms with Crippen molar-refractivity contribution in [3.8, 4) is 5.75 Å². The summed E-state index contributed by atoms with van der Waals surface area (Å²) in [7, 11) is 1.34. The molecule has 0 aliphatic rings. The zero-order valence-corrected chi connectivity index (χ0v) is 9.80. The molecule has 0 saturated carbocycles. The second-order valence-electron chi connectivity index (χ2n) is 3.60. The highest BCUT2D eigenvalue weighted by atomic mass is 16.6. The topological polar surface area (TPSA) is 78.7 Å². The first-order chi connectivity index (χ1) is 7.95. The minimum absolute atomic E-state index is 0.129. The predicted molar refractivity (Wildman–Crippen MR) is 60.2 cm³/mol. The van der Waals surface area contributed by atoms with E-state index in [4.69, 9.17) is 9.47 Å². The van der Waals surface area contributed by atoms with Crippen molar-refractivity contribution in [1.82, 2.24) is 0 Å². The Labute approximate surface area is 98.3 Å². The lowest BCUT2D eigenvalue weighted by atomic mass is 10.2. The maximum atomic E-state index is 11.6.